The molecule has 2 fully saturated rings. The maximum absolute atomic E-state index is 12.0. The number of nitrogens with zero attached hydrogens (tertiary/aromatic N) is 3. The first kappa shape index (κ1) is 17.6. The van der Waals surface area contributed by atoms with Crippen LogP contribution in [0.5, 0.6) is 0 Å². The first-order chi connectivity index (χ1) is 10.7. The van der Waals surface area contributed by atoms with Crippen LogP contribution in [0.2, 0.25) is 0 Å². The molecule has 0 aromatic heterocycles. The molecule has 2 rings (SSSR count). The fourth-order valence-corrected chi connectivity index (χ4v) is 2.71. The Bertz CT molecular complexity index is 338. The second kappa shape index (κ2) is 9.39. The molecule has 2 saturated heterocycles. The van der Waals surface area contributed by atoms with Crippen molar-refractivity contribution in [3.63, 3.8) is 0 Å². The van der Waals surface area contributed by atoms with Gasteiger partial charge in [-0.15, -0.1) is 0 Å². The van der Waals surface area contributed by atoms with Gasteiger partial charge in [0.2, 0.25) is 5.91 Å². The van der Waals surface area contributed by atoms with E-state index in [2.05, 4.69) is 10.4 Å². The molecule has 0 aromatic carbocycles. The van der Waals surface area contributed by atoms with Crippen LogP contribution in [-0.2, 0) is 14.4 Å². The number of hydrogen-bond acceptors (Lipinski definition) is 7. The average Bonchev–Trinajstić information content (AvgIpc) is 3.06. The lowest BCUT2D eigenvalue weighted by atomic mass is 10.3. The minimum atomic E-state index is 0.0429. The zero-order chi connectivity index (χ0) is 15.8. The monoisotopic (exact) mass is 315 g/mol. The van der Waals surface area contributed by atoms with Crippen molar-refractivity contribution in [1.82, 2.24) is 20.2 Å². The summed E-state index contributed by atoms with van der Waals surface area (Å²) in [7, 11) is 1.90. The second-order valence-electron chi connectivity index (χ2n) is 5.97. The molecule has 2 heterocycles. The van der Waals surface area contributed by atoms with Crippen molar-refractivity contribution >= 4 is 5.91 Å². The van der Waals surface area contributed by atoms with Gasteiger partial charge in [-0.1, -0.05) is 0 Å². The van der Waals surface area contributed by atoms with Crippen molar-refractivity contribution in [2.45, 2.75) is 18.9 Å². The van der Waals surface area contributed by atoms with Crippen molar-refractivity contribution in [1.29, 1.82) is 0 Å². The lowest BCUT2D eigenvalue weighted by Crippen LogP contribution is -2.47. The molecule has 1 amide bonds. The molecule has 0 aliphatic carbocycles. The summed E-state index contributed by atoms with van der Waals surface area (Å²) in [6.07, 6.45) is 2.29. The number of ether oxygens (including phenoxy) is 1. The van der Waals surface area contributed by atoms with Gasteiger partial charge in [0, 0.05) is 32.8 Å². The molecule has 2 aliphatic rings. The van der Waals surface area contributed by atoms with Crippen LogP contribution in [-0.4, -0.2) is 93.0 Å². The van der Waals surface area contributed by atoms with Gasteiger partial charge in [0.15, 0.2) is 0 Å². The first-order valence-corrected chi connectivity index (χ1v) is 8.04. The summed E-state index contributed by atoms with van der Waals surface area (Å²) < 4.78 is 5.61. The number of carbonyl (C=O) groups excluding carboxylic acids is 1. The van der Waals surface area contributed by atoms with E-state index < -0.39 is 0 Å². The number of likely N-dealkylation sites (N-methyl/N-ethyl adjacent to an activating group) is 1. The summed E-state index contributed by atoms with van der Waals surface area (Å²) in [5, 5.41) is 0. The van der Waals surface area contributed by atoms with Crippen LogP contribution in [0.3, 0.4) is 0 Å². The molecule has 8 heteroatoms. The standard InChI is InChI=1S/C14H29N5O3/c1-17(9-14(20)19-4-2-3-5-19)12-16-22-10-13-8-18(11-15)6-7-21-13/h13,16H,2-12,15H2,1H3. The Hall–Kier alpha value is -0.770. The number of hydroxylamine groups is 1. The molecule has 3 N–H and O–H groups in total. The molecule has 22 heavy (non-hydrogen) atoms. The fraction of sp³-hybridized carbons (Fsp3) is 0.929. The summed E-state index contributed by atoms with van der Waals surface area (Å²) in [5.74, 6) is 0.191. The predicted molar refractivity (Wildman–Crippen MR) is 82.8 cm³/mol. The molecule has 1 atom stereocenters. The van der Waals surface area contributed by atoms with Crippen LogP contribution in [0.15, 0.2) is 0 Å². The molecule has 8 nitrogen and oxygen atoms in total. The highest BCUT2D eigenvalue weighted by Crippen LogP contribution is 2.07. The van der Waals surface area contributed by atoms with E-state index >= 15 is 0 Å². The Morgan fingerprint density at radius 3 is 2.91 bits per heavy atom. The van der Waals surface area contributed by atoms with Crippen LogP contribution in [0.1, 0.15) is 12.8 Å². The van der Waals surface area contributed by atoms with Crippen molar-refractivity contribution < 1.29 is 14.4 Å². The Balaban J connectivity index is 1.53. The van der Waals surface area contributed by atoms with Crippen molar-refractivity contribution in [2.75, 3.05) is 66.3 Å². The molecule has 1 unspecified atom stereocenters. The minimum absolute atomic E-state index is 0.0429. The van der Waals surface area contributed by atoms with Crippen molar-refractivity contribution in [2.24, 2.45) is 5.73 Å². The summed E-state index contributed by atoms with van der Waals surface area (Å²) >= 11 is 0. The summed E-state index contributed by atoms with van der Waals surface area (Å²) in [5.41, 5.74) is 8.52. The zero-order valence-corrected chi connectivity index (χ0v) is 13.5. The van der Waals surface area contributed by atoms with E-state index in [1.165, 1.54) is 0 Å². The van der Waals surface area contributed by atoms with E-state index in [0.29, 0.717) is 33.1 Å². The highest BCUT2D eigenvalue weighted by atomic mass is 16.7. The number of rotatable bonds is 8. The second-order valence-corrected chi connectivity index (χ2v) is 5.97. The van der Waals surface area contributed by atoms with Crippen molar-refractivity contribution in [3.05, 3.63) is 0 Å². The third-order valence-electron chi connectivity index (χ3n) is 4.05. The lowest BCUT2D eigenvalue weighted by Gasteiger charge is -2.31. The quantitative estimate of drug-likeness (QED) is 0.325. The van der Waals surface area contributed by atoms with Crippen LogP contribution in [0, 0.1) is 0 Å². The van der Waals surface area contributed by atoms with Gasteiger partial charge in [0.05, 0.1) is 32.5 Å². The first-order valence-electron chi connectivity index (χ1n) is 8.04. The van der Waals surface area contributed by atoms with Crippen LogP contribution in [0.4, 0.5) is 0 Å². The van der Waals surface area contributed by atoms with Crippen LogP contribution in [0.25, 0.3) is 0 Å². The van der Waals surface area contributed by atoms with E-state index in [4.69, 9.17) is 15.3 Å². The lowest BCUT2D eigenvalue weighted by molar-refractivity contribution is -0.132. The number of carbonyl (C=O) groups is 1. The summed E-state index contributed by atoms with van der Waals surface area (Å²) in [6, 6.07) is 0. The van der Waals surface area contributed by atoms with Crippen molar-refractivity contribution in [3.8, 4) is 0 Å². The smallest absolute Gasteiger partial charge is 0.236 e. The average molecular weight is 315 g/mol. The van der Waals surface area contributed by atoms with Crippen LogP contribution < -0.4 is 11.2 Å². The SMILES string of the molecule is CN(CNOCC1CN(CN)CCO1)CC(=O)N1CCCC1. The molecule has 2 aliphatic heterocycles. The molecule has 0 bridgehead atoms. The third-order valence-corrected chi connectivity index (χ3v) is 4.05. The summed E-state index contributed by atoms with van der Waals surface area (Å²) in [6.45, 7) is 6.10. The van der Waals surface area contributed by atoms with Gasteiger partial charge in [-0.25, -0.2) is 0 Å². The number of morpholine rings is 1. The highest BCUT2D eigenvalue weighted by molar-refractivity contribution is 5.78. The Labute approximate surface area is 132 Å². The molecule has 0 aromatic rings. The fourth-order valence-electron chi connectivity index (χ4n) is 2.71. The Kier molecular flexibility index (Phi) is 7.50. The maximum Gasteiger partial charge on any atom is 0.236 e. The number of likely N-dealkylation sites (tertiary alicyclic amines) is 1. The van der Waals surface area contributed by atoms with Gasteiger partial charge in [-0.2, -0.15) is 5.48 Å². The number of amides is 1. The van der Waals surface area contributed by atoms with Gasteiger partial charge in [-0.3, -0.25) is 19.4 Å². The molecular formula is C14H29N5O3. The van der Waals surface area contributed by atoms with E-state index in [9.17, 15) is 4.79 Å². The van der Waals surface area contributed by atoms with E-state index in [1.54, 1.807) is 0 Å². The van der Waals surface area contributed by atoms with Gasteiger partial charge >= 0.3 is 0 Å². The minimum Gasteiger partial charge on any atom is -0.373 e. The number of nitrogens with two attached hydrogens (primary N) is 1. The third kappa shape index (κ3) is 5.79. The Morgan fingerprint density at radius 2 is 2.18 bits per heavy atom. The molecule has 0 saturated carbocycles. The molecule has 0 radical (unpaired) electrons. The van der Waals surface area contributed by atoms with Crippen LogP contribution >= 0.6 is 0 Å². The highest BCUT2D eigenvalue weighted by Gasteiger charge is 2.20. The van der Waals surface area contributed by atoms with Gasteiger partial charge in [0.25, 0.3) is 0 Å². The normalized spacial score (nSPS) is 23.4. The van der Waals surface area contributed by atoms with E-state index in [1.807, 2.05) is 16.8 Å². The topological polar surface area (TPSA) is 83.3 Å². The number of nitrogens with one attached hydrogen (secondary N) is 1. The summed E-state index contributed by atoms with van der Waals surface area (Å²) in [4.78, 5) is 23.4. The molecule has 0 spiro atoms. The van der Waals surface area contributed by atoms with Gasteiger partial charge in [0.1, 0.15) is 0 Å². The molecular weight excluding hydrogens is 286 g/mol. The van der Waals surface area contributed by atoms with E-state index in [0.717, 1.165) is 39.0 Å². The van der Waals surface area contributed by atoms with Gasteiger partial charge in [-0.05, 0) is 19.9 Å². The maximum atomic E-state index is 12.0. The van der Waals surface area contributed by atoms with Gasteiger partial charge < -0.3 is 15.4 Å². The van der Waals surface area contributed by atoms with E-state index in [-0.39, 0.29) is 12.0 Å². The number of hydrogen-bond donors (Lipinski definition) is 2. The Morgan fingerprint density at radius 1 is 1.41 bits per heavy atom. The predicted octanol–water partition coefficient (Wildman–Crippen LogP) is -1.36. The largest absolute Gasteiger partial charge is 0.373 e. The zero-order valence-electron chi connectivity index (χ0n) is 13.5. The molecule has 128 valence electrons.